The number of aryl methyl sites for hydroxylation is 2. The first kappa shape index (κ1) is 12.8. The maximum absolute atomic E-state index is 4.16. The van der Waals surface area contributed by atoms with Crippen LogP contribution in [0.15, 0.2) is 42.6 Å². The van der Waals surface area contributed by atoms with Crippen LogP contribution in [0.1, 0.15) is 24.6 Å². The SMILES string of the molecule is CC(CCc1ccccc1)NCc1ccnn1C. The molecule has 2 rings (SSSR count). The van der Waals surface area contributed by atoms with Crippen LogP contribution in [0, 0.1) is 0 Å². The fraction of sp³-hybridized carbons (Fsp3) is 0.400. The molecule has 1 aromatic carbocycles. The Balaban J connectivity index is 1.73. The smallest absolute Gasteiger partial charge is 0.0518 e. The second kappa shape index (κ2) is 6.36. The van der Waals surface area contributed by atoms with Crippen LogP contribution in [0.25, 0.3) is 0 Å². The zero-order valence-corrected chi connectivity index (χ0v) is 11.1. The summed E-state index contributed by atoms with van der Waals surface area (Å²) >= 11 is 0. The van der Waals surface area contributed by atoms with Crippen molar-refractivity contribution in [3.63, 3.8) is 0 Å². The highest BCUT2D eigenvalue weighted by Gasteiger charge is 2.04. The molecule has 2 aromatic rings. The summed E-state index contributed by atoms with van der Waals surface area (Å²) in [5.74, 6) is 0. The molecular weight excluding hydrogens is 222 g/mol. The van der Waals surface area contributed by atoms with Crippen LogP contribution in [0.5, 0.6) is 0 Å². The van der Waals surface area contributed by atoms with E-state index >= 15 is 0 Å². The van der Waals surface area contributed by atoms with Crippen LogP contribution in [0.2, 0.25) is 0 Å². The van der Waals surface area contributed by atoms with Crippen molar-refractivity contribution in [3.05, 3.63) is 53.9 Å². The van der Waals surface area contributed by atoms with E-state index in [1.54, 1.807) is 0 Å². The lowest BCUT2D eigenvalue weighted by atomic mass is 10.1. The van der Waals surface area contributed by atoms with Crippen LogP contribution < -0.4 is 5.32 Å². The third kappa shape index (κ3) is 3.70. The minimum atomic E-state index is 0.514. The summed E-state index contributed by atoms with van der Waals surface area (Å²) in [7, 11) is 1.98. The number of benzene rings is 1. The molecule has 0 aliphatic carbocycles. The molecule has 0 bridgehead atoms. The number of aromatic nitrogens is 2. The summed E-state index contributed by atoms with van der Waals surface area (Å²) in [4.78, 5) is 0. The average molecular weight is 243 g/mol. The highest BCUT2D eigenvalue weighted by Crippen LogP contribution is 2.05. The molecule has 1 unspecified atom stereocenters. The molecule has 3 nitrogen and oxygen atoms in total. The number of rotatable bonds is 6. The Morgan fingerprint density at radius 2 is 2.00 bits per heavy atom. The van der Waals surface area contributed by atoms with E-state index in [4.69, 9.17) is 0 Å². The summed E-state index contributed by atoms with van der Waals surface area (Å²) in [5.41, 5.74) is 2.63. The summed E-state index contributed by atoms with van der Waals surface area (Å²) in [6.07, 6.45) is 4.12. The molecule has 96 valence electrons. The summed E-state index contributed by atoms with van der Waals surface area (Å²) in [6.45, 7) is 3.12. The van der Waals surface area contributed by atoms with Crippen LogP contribution >= 0.6 is 0 Å². The van der Waals surface area contributed by atoms with Gasteiger partial charge in [-0.25, -0.2) is 0 Å². The Morgan fingerprint density at radius 3 is 2.67 bits per heavy atom. The number of nitrogens with zero attached hydrogens (tertiary/aromatic N) is 2. The number of hydrogen-bond acceptors (Lipinski definition) is 2. The summed E-state index contributed by atoms with van der Waals surface area (Å²) in [5, 5.41) is 7.70. The van der Waals surface area contributed by atoms with Crippen molar-refractivity contribution in [2.24, 2.45) is 7.05 Å². The van der Waals surface area contributed by atoms with Crippen molar-refractivity contribution >= 4 is 0 Å². The maximum Gasteiger partial charge on any atom is 0.0518 e. The lowest BCUT2D eigenvalue weighted by molar-refractivity contribution is 0.499. The minimum absolute atomic E-state index is 0.514. The zero-order chi connectivity index (χ0) is 12.8. The van der Waals surface area contributed by atoms with Crippen molar-refractivity contribution in [2.45, 2.75) is 32.4 Å². The van der Waals surface area contributed by atoms with Crippen molar-refractivity contribution < 1.29 is 0 Å². The second-order valence-electron chi connectivity index (χ2n) is 4.75. The monoisotopic (exact) mass is 243 g/mol. The Morgan fingerprint density at radius 1 is 1.22 bits per heavy atom. The molecule has 0 fully saturated rings. The Kier molecular flexibility index (Phi) is 4.53. The zero-order valence-electron chi connectivity index (χ0n) is 11.1. The molecule has 0 saturated heterocycles. The molecule has 0 saturated carbocycles. The van der Waals surface area contributed by atoms with Crippen LogP contribution in [0.3, 0.4) is 0 Å². The van der Waals surface area contributed by atoms with Gasteiger partial charge in [-0.3, -0.25) is 4.68 Å². The van der Waals surface area contributed by atoms with E-state index in [1.165, 1.54) is 11.3 Å². The van der Waals surface area contributed by atoms with Gasteiger partial charge < -0.3 is 5.32 Å². The van der Waals surface area contributed by atoms with Gasteiger partial charge in [-0.05, 0) is 31.4 Å². The van der Waals surface area contributed by atoms with Gasteiger partial charge in [-0.1, -0.05) is 30.3 Å². The van der Waals surface area contributed by atoms with Crippen molar-refractivity contribution in [1.82, 2.24) is 15.1 Å². The van der Waals surface area contributed by atoms with Gasteiger partial charge in [0.25, 0.3) is 0 Å². The predicted octanol–water partition coefficient (Wildman–Crippen LogP) is 2.53. The molecule has 0 amide bonds. The molecule has 1 N–H and O–H groups in total. The van der Waals surface area contributed by atoms with E-state index in [0.717, 1.165) is 19.4 Å². The fourth-order valence-corrected chi connectivity index (χ4v) is 1.98. The quantitative estimate of drug-likeness (QED) is 0.845. The molecule has 1 atom stereocenters. The first-order chi connectivity index (χ1) is 8.75. The first-order valence-corrected chi connectivity index (χ1v) is 6.50. The van der Waals surface area contributed by atoms with Gasteiger partial charge in [0.15, 0.2) is 0 Å². The van der Waals surface area contributed by atoms with Gasteiger partial charge in [0.05, 0.1) is 5.69 Å². The van der Waals surface area contributed by atoms with E-state index in [0.29, 0.717) is 6.04 Å². The van der Waals surface area contributed by atoms with E-state index in [9.17, 15) is 0 Å². The molecule has 3 heteroatoms. The highest BCUT2D eigenvalue weighted by atomic mass is 15.3. The molecule has 1 aromatic heterocycles. The standard InChI is InChI=1S/C15H21N3/c1-13(8-9-14-6-4-3-5-7-14)16-12-15-10-11-17-18(15)2/h3-7,10-11,13,16H,8-9,12H2,1-2H3. The lowest BCUT2D eigenvalue weighted by Crippen LogP contribution is -2.26. The third-order valence-electron chi connectivity index (χ3n) is 3.26. The maximum atomic E-state index is 4.16. The molecule has 0 radical (unpaired) electrons. The molecule has 18 heavy (non-hydrogen) atoms. The van der Waals surface area contributed by atoms with E-state index < -0.39 is 0 Å². The van der Waals surface area contributed by atoms with Crippen molar-refractivity contribution in [1.29, 1.82) is 0 Å². The van der Waals surface area contributed by atoms with Gasteiger partial charge >= 0.3 is 0 Å². The van der Waals surface area contributed by atoms with E-state index in [-0.39, 0.29) is 0 Å². The van der Waals surface area contributed by atoms with Crippen LogP contribution in [-0.2, 0) is 20.0 Å². The van der Waals surface area contributed by atoms with Gasteiger partial charge in [0, 0.05) is 25.8 Å². The molecule has 0 aliphatic rings. The van der Waals surface area contributed by atoms with Gasteiger partial charge in [0.2, 0.25) is 0 Å². The predicted molar refractivity (Wildman–Crippen MR) is 74.3 cm³/mol. The third-order valence-corrected chi connectivity index (χ3v) is 3.26. The number of nitrogens with one attached hydrogen (secondary N) is 1. The number of hydrogen-bond donors (Lipinski definition) is 1. The van der Waals surface area contributed by atoms with E-state index in [2.05, 4.69) is 53.7 Å². The second-order valence-corrected chi connectivity index (χ2v) is 4.75. The topological polar surface area (TPSA) is 29.9 Å². The van der Waals surface area contributed by atoms with Gasteiger partial charge in [-0.2, -0.15) is 5.10 Å². The highest BCUT2D eigenvalue weighted by molar-refractivity contribution is 5.14. The van der Waals surface area contributed by atoms with Crippen LogP contribution in [0.4, 0.5) is 0 Å². The summed E-state index contributed by atoms with van der Waals surface area (Å²) in [6, 6.07) is 13.2. The molecule has 1 heterocycles. The summed E-state index contributed by atoms with van der Waals surface area (Å²) < 4.78 is 1.91. The normalized spacial score (nSPS) is 12.6. The Hall–Kier alpha value is -1.61. The molecule has 0 spiro atoms. The van der Waals surface area contributed by atoms with Crippen molar-refractivity contribution in [3.8, 4) is 0 Å². The Labute approximate surface area is 109 Å². The van der Waals surface area contributed by atoms with Crippen molar-refractivity contribution in [2.75, 3.05) is 0 Å². The fourth-order valence-electron chi connectivity index (χ4n) is 1.98. The van der Waals surface area contributed by atoms with E-state index in [1.807, 2.05) is 17.9 Å². The van der Waals surface area contributed by atoms with Gasteiger partial charge in [0.1, 0.15) is 0 Å². The minimum Gasteiger partial charge on any atom is -0.309 e. The van der Waals surface area contributed by atoms with Crippen LogP contribution in [-0.4, -0.2) is 15.8 Å². The van der Waals surface area contributed by atoms with Gasteiger partial charge in [-0.15, -0.1) is 0 Å². The largest absolute Gasteiger partial charge is 0.309 e. The molecule has 0 aliphatic heterocycles. The Bertz CT molecular complexity index is 462. The average Bonchev–Trinajstić information content (AvgIpc) is 2.81. The molecular formula is C15H21N3. The lowest BCUT2D eigenvalue weighted by Gasteiger charge is -2.13. The first-order valence-electron chi connectivity index (χ1n) is 6.50.